The molecule has 0 amide bonds. The first-order valence-corrected chi connectivity index (χ1v) is 5.36. The first-order chi connectivity index (χ1) is 6.70. The van der Waals surface area contributed by atoms with E-state index in [1.54, 1.807) is 0 Å². The second kappa shape index (κ2) is 3.75. The average molecular weight is 254 g/mol. The molecule has 0 aliphatic heterocycles. The van der Waals surface area contributed by atoms with Crippen LogP contribution in [0.2, 0.25) is 0 Å². The summed E-state index contributed by atoms with van der Waals surface area (Å²) in [7, 11) is 1.92. The van der Waals surface area contributed by atoms with Crippen molar-refractivity contribution in [1.82, 2.24) is 5.32 Å². The Morgan fingerprint density at radius 3 is 2.86 bits per heavy atom. The van der Waals surface area contributed by atoms with E-state index in [0.29, 0.717) is 0 Å². The third kappa shape index (κ3) is 1.70. The van der Waals surface area contributed by atoms with E-state index in [1.165, 1.54) is 0 Å². The van der Waals surface area contributed by atoms with Gasteiger partial charge in [-0.25, -0.2) is 0 Å². The van der Waals surface area contributed by atoms with Crippen LogP contribution < -0.4 is 5.32 Å². The molecule has 0 bridgehead atoms. The maximum absolute atomic E-state index is 5.69. The quantitative estimate of drug-likeness (QED) is 0.887. The summed E-state index contributed by atoms with van der Waals surface area (Å²) in [5.41, 5.74) is 0.935. The summed E-state index contributed by atoms with van der Waals surface area (Å²) >= 11 is 3.44. The van der Waals surface area contributed by atoms with Gasteiger partial charge in [0.15, 0.2) is 0 Å². The second-order valence-corrected chi connectivity index (χ2v) is 4.26. The lowest BCUT2D eigenvalue weighted by atomic mass is 10.2. The molecule has 1 aromatic carbocycles. The third-order valence-electron chi connectivity index (χ3n) is 2.36. The number of rotatable bonds is 2. The van der Waals surface area contributed by atoms with Gasteiger partial charge in [-0.05, 0) is 38.2 Å². The van der Waals surface area contributed by atoms with Gasteiger partial charge in [0.25, 0.3) is 0 Å². The Morgan fingerprint density at radius 2 is 2.14 bits per heavy atom. The number of hydrogen-bond donors (Lipinski definition) is 1. The van der Waals surface area contributed by atoms with Gasteiger partial charge >= 0.3 is 0 Å². The zero-order valence-electron chi connectivity index (χ0n) is 8.17. The van der Waals surface area contributed by atoms with Gasteiger partial charge in [0.1, 0.15) is 11.3 Å². The van der Waals surface area contributed by atoms with E-state index in [2.05, 4.69) is 40.3 Å². The smallest absolute Gasteiger partial charge is 0.134 e. The van der Waals surface area contributed by atoms with Crippen molar-refractivity contribution >= 4 is 26.9 Å². The number of halogens is 1. The fourth-order valence-electron chi connectivity index (χ4n) is 1.39. The normalized spacial score (nSPS) is 13.4. The minimum absolute atomic E-state index is 0.251. The lowest BCUT2D eigenvalue weighted by Gasteiger charge is -2.04. The van der Waals surface area contributed by atoms with E-state index in [-0.39, 0.29) is 6.04 Å². The van der Waals surface area contributed by atoms with Gasteiger partial charge < -0.3 is 9.73 Å². The molecule has 0 radical (unpaired) electrons. The van der Waals surface area contributed by atoms with Crippen LogP contribution in [0.5, 0.6) is 0 Å². The highest BCUT2D eigenvalue weighted by atomic mass is 79.9. The van der Waals surface area contributed by atoms with Crippen LogP contribution >= 0.6 is 15.9 Å². The van der Waals surface area contributed by atoms with E-state index >= 15 is 0 Å². The summed E-state index contributed by atoms with van der Waals surface area (Å²) < 4.78 is 6.77. The van der Waals surface area contributed by atoms with Gasteiger partial charge in [0, 0.05) is 9.86 Å². The molecule has 2 nitrogen and oxygen atoms in total. The van der Waals surface area contributed by atoms with Crippen molar-refractivity contribution in [3.05, 3.63) is 34.5 Å². The standard InChI is InChI=1S/C11H12BrNO/c1-7(13-2)11-6-8-5-9(12)3-4-10(8)14-11/h3-7,13H,1-2H3. The van der Waals surface area contributed by atoms with E-state index in [9.17, 15) is 0 Å². The minimum atomic E-state index is 0.251. The number of nitrogens with one attached hydrogen (secondary N) is 1. The predicted molar refractivity (Wildman–Crippen MR) is 61.4 cm³/mol. The molecule has 2 rings (SSSR count). The van der Waals surface area contributed by atoms with E-state index in [1.807, 2.05) is 19.2 Å². The molecular formula is C11H12BrNO. The molecule has 1 aromatic heterocycles. The maximum atomic E-state index is 5.69. The Hall–Kier alpha value is -0.800. The number of benzene rings is 1. The first-order valence-electron chi connectivity index (χ1n) is 4.57. The number of fused-ring (bicyclic) bond motifs is 1. The fourth-order valence-corrected chi connectivity index (χ4v) is 1.77. The van der Waals surface area contributed by atoms with Crippen LogP contribution in [0.3, 0.4) is 0 Å². The summed E-state index contributed by atoms with van der Waals surface area (Å²) in [5.74, 6) is 0.973. The molecule has 3 heteroatoms. The summed E-state index contributed by atoms with van der Waals surface area (Å²) in [6.45, 7) is 2.08. The SMILES string of the molecule is CNC(C)c1cc2cc(Br)ccc2o1. The molecule has 0 fully saturated rings. The summed E-state index contributed by atoms with van der Waals surface area (Å²) in [4.78, 5) is 0. The molecule has 2 aromatic rings. The van der Waals surface area contributed by atoms with Gasteiger partial charge in [-0.1, -0.05) is 15.9 Å². The highest BCUT2D eigenvalue weighted by Gasteiger charge is 2.09. The van der Waals surface area contributed by atoms with Gasteiger partial charge in [-0.15, -0.1) is 0 Å². The summed E-state index contributed by atoms with van der Waals surface area (Å²) in [6.07, 6.45) is 0. The zero-order chi connectivity index (χ0) is 10.1. The summed E-state index contributed by atoms with van der Waals surface area (Å²) in [5, 5.41) is 4.29. The van der Waals surface area contributed by atoms with Crippen molar-refractivity contribution in [2.75, 3.05) is 7.05 Å². The molecular weight excluding hydrogens is 242 g/mol. The molecule has 1 atom stereocenters. The second-order valence-electron chi connectivity index (χ2n) is 3.34. The Kier molecular flexibility index (Phi) is 2.61. The summed E-state index contributed by atoms with van der Waals surface area (Å²) in [6, 6.07) is 8.35. The highest BCUT2D eigenvalue weighted by Crippen LogP contribution is 2.26. The van der Waals surface area contributed by atoms with Gasteiger partial charge in [0.2, 0.25) is 0 Å². The Morgan fingerprint density at radius 1 is 1.36 bits per heavy atom. The molecule has 1 N–H and O–H groups in total. The van der Waals surface area contributed by atoms with Gasteiger partial charge in [-0.3, -0.25) is 0 Å². The van der Waals surface area contributed by atoms with Crippen molar-refractivity contribution in [1.29, 1.82) is 0 Å². The topological polar surface area (TPSA) is 25.2 Å². The molecule has 14 heavy (non-hydrogen) atoms. The minimum Gasteiger partial charge on any atom is -0.459 e. The highest BCUT2D eigenvalue weighted by molar-refractivity contribution is 9.10. The van der Waals surface area contributed by atoms with Gasteiger partial charge in [-0.2, -0.15) is 0 Å². The van der Waals surface area contributed by atoms with Crippen LogP contribution in [-0.2, 0) is 0 Å². The monoisotopic (exact) mass is 253 g/mol. The lowest BCUT2D eigenvalue weighted by molar-refractivity contribution is 0.475. The van der Waals surface area contributed by atoms with Crippen molar-refractivity contribution < 1.29 is 4.42 Å². The van der Waals surface area contributed by atoms with Crippen LogP contribution in [0.4, 0.5) is 0 Å². The fraction of sp³-hybridized carbons (Fsp3) is 0.273. The van der Waals surface area contributed by atoms with Crippen molar-refractivity contribution in [2.45, 2.75) is 13.0 Å². The van der Waals surface area contributed by atoms with E-state index in [4.69, 9.17) is 4.42 Å². The van der Waals surface area contributed by atoms with Crippen LogP contribution in [-0.4, -0.2) is 7.05 Å². The van der Waals surface area contributed by atoms with Crippen LogP contribution in [0, 0.1) is 0 Å². The molecule has 74 valence electrons. The van der Waals surface area contributed by atoms with Crippen LogP contribution in [0.1, 0.15) is 18.7 Å². The Labute approximate surface area is 91.4 Å². The lowest BCUT2D eigenvalue weighted by Crippen LogP contribution is -2.10. The molecule has 0 spiro atoms. The largest absolute Gasteiger partial charge is 0.459 e. The maximum Gasteiger partial charge on any atom is 0.134 e. The first kappa shape index (κ1) is 9.74. The van der Waals surface area contributed by atoms with Crippen LogP contribution in [0.25, 0.3) is 11.0 Å². The Bertz CT molecular complexity index is 449. The Balaban J connectivity index is 2.51. The zero-order valence-corrected chi connectivity index (χ0v) is 9.76. The number of furan rings is 1. The average Bonchev–Trinajstić information content (AvgIpc) is 2.59. The third-order valence-corrected chi connectivity index (χ3v) is 2.85. The van der Waals surface area contributed by atoms with E-state index in [0.717, 1.165) is 21.2 Å². The molecule has 1 heterocycles. The molecule has 0 aliphatic carbocycles. The van der Waals surface area contributed by atoms with Crippen molar-refractivity contribution in [3.63, 3.8) is 0 Å². The van der Waals surface area contributed by atoms with Gasteiger partial charge in [0.05, 0.1) is 6.04 Å². The van der Waals surface area contributed by atoms with E-state index < -0.39 is 0 Å². The molecule has 0 saturated carbocycles. The van der Waals surface area contributed by atoms with Crippen LogP contribution in [0.15, 0.2) is 33.2 Å². The number of hydrogen-bond acceptors (Lipinski definition) is 2. The van der Waals surface area contributed by atoms with Crippen molar-refractivity contribution in [3.8, 4) is 0 Å². The molecule has 0 aliphatic rings. The van der Waals surface area contributed by atoms with Crippen molar-refractivity contribution in [2.24, 2.45) is 0 Å². The molecule has 0 saturated heterocycles. The predicted octanol–water partition coefficient (Wildman–Crippen LogP) is 3.48. The molecule has 1 unspecified atom stereocenters.